The fraction of sp³-hybridized carbons (Fsp3) is 0.0500. The number of para-hydroxylation sites is 1. The second-order valence-electron chi connectivity index (χ2n) is 6.05. The van der Waals surface area contributed by atoms with Crippen molar-refractivity contribution in [3.63, 3.8) is 0 Å². The van der Waals surface area contributed by atoms with Gasteiger partial charge in [-0.05, 0) is 54.2 Å². The number of fused-ring (bicyclic) bond motifs is 1. The van der Waals surface area contributed by atoms with E-state index in [1.54, 1.807) is 12.1 Å². The monoisotopic (exact) mass is 410 g/mol. The Hall–Kier alpha value is -3.10. The van der Waals surface area contributed by atoms with Crippen LogP contribution in [-0.2, 0) is 4.79 Å². The van der Waals surface area contributed by atoms with Crippen LogP contribution in [0.4, 0.5) is 0 Å². The highest BCUT2D eigenvalue weighted by Gasteiger charge is 2.34. The van der Waals surface area contributed by atoms with E-state index in [9.17, 15) is 14.7 Å². The number of thioether (sulfide) groups is 1. The molecular formula is C20H14N2O4S2. The Balaban J connectivity index is 1.52. The third-order valence-corrected chi connectivity index (χ3v) is 5.39. The molecule has 0 saturated carbocycles. The van der Waals surface area contributed by atoms with Gasteiger partial charge in [0.25, 0.3) is 11.8 Å². The fourth-order valence-electron chi connectivity index (χ4n) is 2.76. The van der Waals surface area contributed by atoms with Crippen LogP contribution in [0.25, 0.3) is 6.08 Å². The maximum atomic E-state index is 12.7. The number of nitrogens with one attached hydrogen (secondary N) is 1. The first-order valence-electron chi connectivity index (χ1n) is 8.31. The molecule has 2 aliphatic heterocycles. The summed E-state index contributed by atoms with van der Waals surface area (Å²) in [4.78, 5) is 25.4. The van der Waals surface area contributed by atoms with Crippen LogP contribution in [0.3, 0.4) is 0 Å². The zero-order valence-corrected chi connectivity index (χ0v) is 16.0. The molecule has 2 amide bonds. The number of thiocarbonyl (C=S) groups is 1. The number of carbonyl (C=O) groups is 2. The molecule has 2 heterocycles. The molecule has 0 radical (unpaired) electrons. The van der Waals surface area contributed by atoms with E-state index in [4.69, 9.17) is 17.0 Å². The Morgan fingerprint density at radius 3 is 2.89 bits per heavy atom. The van der Waals surface area contributed by atoms with Crippen molar-refractivity contribution in [2.75, 3.05) is 6.61 Å². The number of hydrazine groups is 1. The van der Waals surface area contributed by atoms with E-state index in [0.29, 0.717) is 11.5 Å². The lowest BCUT2D eigenvalue weighted by Gasteiger charge is -2.16. The van der Waals surface area contributed by atoms with Crippen molar-refractivity contribution in [2.45, 2.75) is 0 Å². The summed E-state index contributed by atoms with van der Waals surface area (Å²) in [6, 6.07) is 13.5. The summed E-state index contributed by atoms with van der Waals surface area (Å²) >= 11 is 6.34. The molecular weight excluding hydrogens is 396 g/mol. The number of hydrogen-bond acceptors (Lipinski definition) is 6. The predicted octanol–water partition coefficient (Wildman–Crippen LogP) is 3.26. The van der Waals surface area contributed by atoms with E-state index in [2.05, 4.69) is 5.43 Å². The maximum Gasteiger partial charge on any atom is 0.285 e. The molecule has 28 heavy (non-hydrogen) atoms. The molecule has 4 rings (SSSR count). The molecule has 2 N–H and O–H groups in total. The average Bonchev–Trinajstić information content (AvgIpc) is 2.95. The van der Waals surface area contributed by atoms with Gasteiger partial charge in [-0.25, -0.2) is 0 Å². The number of carbonyl (C=O) groups excluding carboxylic acids is 2. The fourth-order valence-corrected chi connectivity index (χ4v) is 3.96. The van der Waals surface area contributed by atoms with Crippen LogP contribution in [0.15, 0.2) is 65.1 Å². The first kappa shape index (κ1) is 18.3. The Morgan fingerprint density at radius 1 is 1.25 bits per heavy atom. The van der Waals surface area contributed by atoms with Gasteiger partial charge in [0.2, 0.25) is 0 Å². The summed E-state index contributed by atoms with van der Waals surface area (Å²) in [7, 11) is 0. The van der Waals surface area contributed by atoms with Gasteiger partial charge in [0.1, 0.15) is 18.1 Å². The first-order valence-corrected chi connectivity index (χ1v) is 9.54. The van der Waals surface area contributed by atoms with Crippen molar-refractivity contribution in [3.8, 4) is 11.5 Å². The highest BCUT2D eigenvalue weighted by molar-refractivity contribution is 8.26. The van der Waals surface area contributed by atoms with E-state index in [1.165, 1.54) is 18.2 Å². The minimum absolute atomic E-state index is 0.0394. The van der Waals surface area contributed by atoms with E-state index in [0.717, 1.165) is 33.7 Å². The third-order valence-electron chi connectivity index (χ3n) is 4.09. The lowest BCUT2D eigenvalue weighted by atomic mass is 10.1. The molecule has 1 fully saturated rings. The van der Waals surface area contributed by atoms with Gasteiger partial charge in [0, 0.05) is 11.1 Å². The summed E-state index contributed by atoms with van der Waals surface area (Å²) < 4.78 is 5.92. The number of phenolic OH excluding ortho intramolecular Hbond substituents is 1. The van der Waals surface area contributed by atoms with Crippen molar-refractivity contribution in [1.29, 1.82) is 0 Å². The zero-order valence-electron chi connectivity index (χ0n) is 14.4. The van der Waals surface area contributed by atoms with E-state index >= 15 is 0 Å². The topological polar surface area (TPSA) is 78.9 Å². The van der Waals surface area contributed by atoms with Gasteiger partial charge in [-0.1, -0.05) is 36.0 Å². The molecule has 6 nitrogen and oxygen atoms in total. The molecule has 0 aliphatic carbocycles. The van der Waals surface area contributed by atoms with E-state index in [1.807, 2.05) is 30.3 Å². The van der Waals surface area contributed by atoms with Gasteiger partial charge < -0.3 is 9.84 Å². The van der Waals surface area contributed by atoms with Gasteiger partial charge in [0.05, 0.1) is 4.91 Å². The van der Waals surface area contributed by atoms with Crippen LogP contribution in [0, 0.1) is 0 Å². The second-order valence-corrected chi connectivity index (χ2v) is 7.73. The van der Waals surface area contributed by atoms with Crippen molar-refractivity contribution < 1.29 is 19.4 Å². The molecule has 0 spiro atoms. The lowest BCUT2D eigenvalue weighted by molar-refractivity contribution is -0.123. The molecule has 140 valence electrons. The highest BCUT2D eigenvalue weighted by Crippen LogP contribution is 2.33. The zero-order chi connectivity index (χ0) is 19.7. The van der Waals surface area contributed by atoms with Gasteiger partial charge in [-0.2, -0.15) is 5.01 Å². The molecule has 2 aliphatic rings. The SMILES string of the molecule is O=C(NN1C(=O)C(=CC2=Cc3ccccc3OC2)SC1=S)c1cccc(O)c1. The highest BCUT2D eigenvalue weighted by atomic mass is 32.2. The lowest BCUT2D eigenvalue weighted by Crippen LogP contribution is -2.44. The molecule has 2 aromatic carbocycles. The molecule has 0 aromatic heterocycles. The summed E-state index contributed by atoms with van der Waals surface area (Å²) in [6.45, 7) is 0.344. The Morgan fingerprint density at radius 2 is 2.07 bits per heavy atom. The van der Waals surface area contributed by atoms with Crippen LogP contribution in [0.1, 0.15) is 15.9 Å². The van der Waals surface area contributed by atoms with Crippen molar-refractivity contribution in [3.05, 3.63) is 76.2 Å². The van der Waals surface area contributed by atoms with Crippen LogP contribution >= 0.6 is 24.0 Å². The Kier molecular flexibility index (Phi) is 4.89. The number of nitrogens with zero attached hydrogens (tertiary/aromatic N) is 1. The molecule has 8 heteroatoms. The molecule has 0 unspecified atom stereocenters. The van der Waals surface area contributed by atoms with Crippen LogP contribution in [0.2, 0.25) is 0 Å². The average molecular weight is 410 g/mol. The Bertz CT molecular complexity index is 1060. The normalized spacial score (nSPS) is 17.2. The quantitative estimate of drug-likeness (QED) is 0.597. The predicted molar refractivity (Wildman–Crippen MR) is 111 cm³/mol. The summed E-state index contributed by atoms with van der Waals surface area (Å²) in [6.07, 6.45) is 3.67. The number of ether oxygens (including phenoxy) is 1. The van der Waals surface area contributed by atoms with Gasteiger partial charge in [-0.15, -0.1) is 0 Å². The molecule has 0 atom stereocenters. The van der Waals surface area contributed by atoms with Crippen LogP contribution in [0.5, 0.6) is 11.5 Å². The summed E-state index contributed by atoms with van der Waals surface area (Å²) in [5.41, 5.74) is 4.47. The summed E-state index contributed by atoms with van der Waals surface area (Å²) in [5, 5.41) is 10.5. The van der Waals surface area contributed by atoms with Gasteiger partial charge >= 0.3 is 0 Å². The second kappa shape index (κ2) is 7.49. The number of benzene rings is 2. The van der Waals surface area contributed by atoms with Crippen molar-refractivity contribution in [2.24, 2.45) is 0 Å². The van der Waals surface area contributed by atoms with E-state index < -0.39 is 11.8 Å². The molecule has 1 saturated heterocycles. The number of aromatic hydroxyl groups is 1. The summed E-state index contributed by atoms with van der Waals surface area (Å²) in [5.74, 6) is -0.195. The van der Waals surface area contributed by atoms with Gasteiger partial charge in [0.15, 0.2) is 4.32 Å². The minimum atomic E-state index is -0.539. The Labute approximate surface area is 170 Å². The standard InChI is InChI=1S/C20H14N2O4S2/c23-15-6-3-5-14(10-15)18(24)21-22-19(25)17(28-20(22)27)9-12-8-13-4-1-2-7-16(13)26-11-12/h1-10,23H,11H2,(H,21,24). The van der Waals surface area contributed by atoms with E-state index in [-0.39, 0.29) is 15.6 Å². The van der Waals surface area contributed by atoms with Gasteiger partial charge in [-0.3, -0.25) is 15.0 Å². The number of amides is 2. The number of phenols is 1. The largest absolute Gasteiger partial charge is 0.508 e. The first-order chi connectivity index (χ1) is 13.5. The molecule has 0 bridgehead atoms. The number of hydrogen-bond donors (Lipinski definition) is 2. The minimum Gasteiger partial charge on any atom is -0.508 e. The maximum absolute atomic E-state index is 12.7. The molecule has 2 aromatic rings. The third kappa shape index (κ3) is 3.64. The number of rotatable bonds is 3. The van der Waals surface area contributed by atoms with Crippen molar-refractivity contribution >= 4 is 46.2 Å². The smallest absolute Gasteiger partial charge is 0.285 e. The van der Waals surface area contributed by atoms with Crippen LogP contribution < -0.4 is 10.2 Å². The van der Waals surface area contributed by atoms with Crippen molar-refractivity contribution in [1.82, 2.24) is 10.4 Å². The van der Waals surface area contributed by atoms with Crippen LogP contribution in [-0.4, -0.2) is 32.9 Å².